The van der Waals surface area contributed by atoms with E-state index in [4.69, 9.17) is 14.9 Å². The highest BCUT2D eigenvalue weighted by Crippen LogP contribution is 2.16. The molecular weight excluding hydrogens is 821 g/mol. The summed E-state index contributed by atoms with van der Waals surface area (Å²) in [6, 6.07) is 8.30. The summed E-state index contributed by atoms with van der Waals surface area (Å²) in [6.45, 7) is 7.38. The number of hydrogen-bond donors (Lipinski definition) is 3. The summed E-state index contributed by atoms with van der Waals surface area (Å²) >= 11 is 0. The smallest absolute Gasteiger partial charge is 0.335 e. The standard InChI is InChI=1S/C34H66O3.C18H36O2.C7H6O2/c1-3-5-7-9-10-11-12-13-14-15-18-21-24-28-32-37-34(36)31-27-23-20-17-16-19-22-26-30-33(35)29-25-8-6-4-2;1-2-3-4-5-6-7-8-9-10-11-12-13-14-15-16-17-18(19)20;8-7(9)6-4-2-1-3-5-6/h22,26,33,35H,3-21,23-25,27-32H2,1-2H3;2-17H2,1H3,(H,19,20);1-5H,(H,8,9)/b26-22-;;. The van der Waals surface area contributed by atoms with E-state index in [2.05, 4.69) is 32.9 Å². The first-order chi connectivity index (χ1) is 32.3. The quantitative estimate of drug-likeness (QED) is 0.0338. The molecule has 1 aromatic carbocycles. The summed E-state index contributed by atoms with van der Waals surface area (Å²) in [5.41, 5.74) is 0.331. The number of ether oxygens (including phenoxy) is 1. The van der Waals surface area contributed by atoms with Crippen LogP contribution >= 0.6 is 0 Å². The molecule has 0 aliphatic rings. The second-order valence-corrected chi connectivity index (χ2v) is 19.1. The van der Waals surface area contributed by atoms with Crippen molar-refractivity contribution in [1.82, 2.24) is 0 Å². The van der Waals surface area contributed by atoms with Gasteiger partial charge in [0.2, 0.25) is 0 Å². The summed E-state index contributed by atoms with van der Waals surface area (Å²) in [5, 5.41) is 26.9. The fourth-order valence-corrected chi connectivity index (χ4v) is 8.14. The summed E-state index contributed by atoms with van der Waals surface area (Å²) in [6.07, 6.45) is 57.3. The van der Waals surface area contributed by atoms with Crippen LogP contribution in [0.25, 0.3) is 0 Å². The van der Waals surface area contributed by atoms with E-state index in [1.807, 2.05) is 0 Å². The molecule has 1 atom stereocenters. The minimum atomic E-state index is -0.879. The van der Waals surface area contributed by atoms with Crippen molar-refractivity contribution in [1.29, 1.82) is 0 Å². The highest BCUT2D eigenvalue weighted by atomic mass is 16.5. The molecule has 7 heteroatoms. The van der Waals surface area contributed by atoms with E-state index >= 15 is 0 Å². The van der Waals surface area contributed by atoms with Crippen molar-refractivity contribution in [2.24, 2.45) is 0 Å². The second-order valence-electron chi connectivity index (χ2n) is 19.1. The summed E-state index contributed by atoms with van der Waals surface area (Å²) in [4.78, 5) is 32.4. The molecule has 0 aliphatic carbocycles. The fraction of sp³-hybridized carbons (Fsp3) is 0.814. The maximum Gasteiger partial charge on any atom is 0.335 e. The van der Waals surface area contributed by atoms with E-state index in [0.717, 1.165) is 57.8 Å². The van der Waals surface area contributed by atoms with Crippen molar-refractivity contribution in [3.05, 3.63) is 48.0 Å². The topological polar surface area (TPSA) is 121 Å². The average molecular weight is 930 g/mol. The van der Waals surface area contributed by atoms with Crippen LogP contribution in [-0.2, 0) is 14.3 Å². The number of carbonyl (C=O) groups excluding carboxylic acids is 1. The molecule has 1 rings (SSSR count). The van der Waals surface area contributed by atoms with Gasteiger partial charge in [-0.1, -0.05) is 269 Å². The van der Waals surface area contributed by atoms with Gasteiger partial charge < -0.3 is 20.1 Å². The summed E-state index contributed by atoms with van der Waals surface area (Å²) < 4.78 is 5.41. The number of allylic oxidation sites excluding steroid dienone is 1. The first-order valence-electron chi connectivity index (χ1n) is 28.3. The molecule has 0 bridgehead atoms. The van der Waals surface area contributed by atoms with Crippen LogP contribution in [0.5, 0.6) is 0 Å². The Balaban J connectivity index is 0. The second kappa shape index (κ2) is 56.7. The Bertz CT molecular complexity index is 1150. The highest BCUT2D eigenvalue weighted by molar-refractivity contribution is 5.87. The first kappa shape index (κ1) is 65.4. The summed E-state index contributed by atoms with van der Waals surface area (Å²) in [5.74, 6) is -1.54. The van der Waals surface area contributed by atoms with Crippen LogP contribution in [0.15, 0.2) is 42.5 Å². The van der Waals surface area contributed by atoms with Gasteiger partial charge in [-0.15, -0.1) is 0 Å². The Hall–Kier alpha value is -2.67. The van der Waals surface area contributed by atoms with Gasteiger partial charge in [0, 0.05) is 12.8 Å². The predicted octanol–water partition coefficient (Wildman–Crippen LogP) is 18.7. The molecule has 0 heterocycles. The third-order valence-corrected chi connectivity index (χ3v) is 12.5. The van der Waals surface area contributed by atoms with Gasteiger partial charge in [-0.3, -0.25) is 9.59 Å². The van der Waals surface area contributed by atoms with Crippen LogP contribution < -0.4 is 0 Å². The van der Waals surface area contributed by atoms with Gasteiger partial charge in [-0.2, -0.15) is 0 Å². The van der Waals surface area contributed by atoms with Gasteiger partial charge in [-0.05, 0) is 57.1 Å². The van der Waals surface area contributed by atoms with Crippen molar-refractivity contribution in [3.63, 3.8) is 0 Å². The van der Waals surface area contributed by atoms with Gasteiger partial charge in [0.1, 0.15) is 0 Å². The lowest BCUT2D eigenvalue weighted by atomic mass is 10.0. The van der Waals surface area contributed by atoms with Crippen molar-refractivity contribution >= 4 is 17.9 Å². The van der Waals surface area contributed by atoms with E-state index < -0.39 is 11.9 Å². The molecule has 7 nitrogen and oxygen atoms in total. The number of aliphatic hydroxyl groups excluding tert-OH is 1. The Kier molecular flexibility index (Phi) is 56.1. The lowest BCUT2D eigenvalue weighted by molar-refractivity contribution is -0.144. The Morgan fingerprint density at radius 2 is 0.818 bits per heavy atom. The molecule has 0 fully saturated rings. The molecule has 0 aromatic heterocycles. The van der Waals surface area contributed by atoms with Crippen LogP contribution in [-0.4, -0.2) is 45.9 Å². The van der Waals surface area contributed by atoms with Crippen LogP contribution in [0, 0.1) is 0 Å². The zero-order valence-corrected chi connectivity index (χ0v) is 43.7. The number of carbonyl (C=O) groups is 3. The fourth-order valence-electron chi connectivity index (χ4n) is 8.14. The lowest BCUT2D eigenvalue weighted by Gasteiger charge is -2.07. The number of hydrogen-bond acceptors (Lipinski definition) is 5. The Morgan fingerprint density at radius 3 is 1.21 bits per heavy atom. The predicted molar refractivity (Wildman–Crippen MR) is 283 cm³/mol. The van der Waals surface area contributed by atoms with Crippen LogP contribution in [0.4, 0.5) is 0 Å². The van der Waals surface area contributed by atoms with Crippen LogP contribution in [0.3, 0.4) is 0 Å². The molecule has 0 radical (unpaired) electrons. The van der Waals surface area contributed by atoms with E-state index in [1.54, 1.807) is 30.3 Å². The maximum absolute atomic E-state index is 11.9. The molecule has 386 valence electrons. The number of carboxylic acid groups (broad SMARTS) is 2. The number of esters is 1. The third-order valence-electron chi connectivity index (χ3n) is 12.5. The first-order valence-corrected chi connectivity index (χ1v) is 28.3. The van der Waals surface area contributed by atoms with Crippen molar-refractivity contribution < 1.29 is 34.4 Å². The number of aliphatic carboxylic acids is 1. The van der Waals surface area contributed by atoms with Gasteiger partial charge in [0.25, 0.3) is 0 Å². The van der Waals surface area contributed by atoms with E-state index in [9.17, 15) is 19.5 Å². The molecule has 0 amide bonds. The highest BCUT2D eigenvalue weighted by Gasteiger charge is 2.04. The number of aliphatic hydroxyl groups is 1. The van der Waals surface area contributed by atoms with Crippen LogP contribution in [0.2, 0.25) is 0 Å². The molecule has 1 aromatic rings. The molecule has 0 saturated carbocycles. The molecule has 1 unspecified atom stereocenters. The lowest BCUT2D eigenvalue weighted by Crippen LogP contribution is -2.05. The molecule has 3 N–H and O–H groups in total. The van der Waals surface area contributed by atoms with Crippen molar-refractivity contribution in [2.45, 2.75) is 303 Å². The third kappa shape index (κ3) is 57.5. The van der Waals surface area contributed by atoms with Crippen molar-refractivity contribution in [2.75, 3.05) is 6.61 Å². The number of aromatic carboxylic acids is 1. The largest absolute Gasteiger partial charge is 0.481 e. The average Bonchev–Trinajstić information content (AvgIpc) is 3.31. The minimum Gasteiger partial charge on any atom is -0.481 e. The summed E-state index contributed by atoms with van der Waals surface area (Å²) in [7, 11) is 0. The maximum atomic E-state index is 11.9. The Morgan fingerprint density at radius 1 is 0.455 bits per heavy atom. The van der Waals surface area contributed by atoms with E-state index in [-0.39, 0.29) is 12.1 Å². The number of carboxylic acids is 2. The SMILES string of the molecule is CCCCCCCCCCCCCCCCCC(=O)O.CCCCCCCCCCCCCCCCOC(=O)CCCCCCC/C=C\CC(O)CCCCCC.O=C(O)c1ccccc1. The number of benzene rings is 1. The normalized spacial score (nSPS) is 11.5. The van der Waals surface area contributed by atoms with Gasteiger partial charge in [-0.25, -0.2) is 4.79 Å². The zero-order chi connectivity index (χ0) is 48.7. The van der Waals surface area contributed by atoms with Gasteiger partial charge >= 0.3 is 17.9 Å². The van der Waals surface area contributed by atoms with Crippen molar-refractivity contribution in [3.8, 4) is 0 Å². The molecular formula is C59H108O7. The van der Waals surface area contributed by atoms with Gasteiger partial charge in [0.05, 0.1) is 18.3 Å². The molecule has 0 saturated heterocycles. The molecule has 0 aliphatic heterocycles. The van der Waals surface area contributed by atoms with E-state index in [1.165, 1.54) is 205 Å². The zero-order valence-electron chi connectivity index (χ0n) is 43.7. The van der Waals surface area contributed by atoms with Gasteiger partial charge in [0.15, 0.2) is 0 Å². The minimum absolute atomic E-state index is 0.00845. The van der Waals surface area contributed by atoms with E-state index in [0.29, 0.717) is 25.0 Å². The monoisotopic (exact) mass is 929 g/mol. The number of rotatable bonds is 47. The van der Waals surface area contributed by atoms with Crippen LogP contribution in [0.1, 0.15) is 307 Å². The molecule has 66 heavy (non-hydrogen) atoms. The Labute approximate surface area is 408 Å². The molecule has 0 spiro atoms. The number of unbranched alkanes of at least 4 members (excludes halogenated alkanes) is 35.